The van der Waals surface area contributed by atoms with E-state index in [-0.39, 0.29) is 11.8 Å². The molecule has 0 heterocycles. The summed E-state index contributed by atoms with van der Waals surface area (Å²) in [5.74, 6) is -0.200. The highest BCUT2D eigenvalue weighted by Gasteiger charge is 2.28. The molecule has 0 fully saturated rings. The van der Waals surface area contributed by atoms with Crippen molar-refractivity contribution in [2.75, 3.05) is 14.2 Å². The number of nitrogens with one attached hydrogen (secondary N) is 1. The average molecular weight is 420 g/mol. The van der Waals surface area contributed by atoms with Crippen molar-refractivity contribution in [3.05, 3.63) is 65.2 Å². The summed E-state index contributed by atoms with van der Waals surface area (Å²) >= 11 is 0. The molecule has 0 aromatic heterocycles. The zero-order chi connectivity index (χ0) is 22.7. The molecule has 5 heteroatoms. The van der Waals surface area contributed by atoms with Crippen molar-refractivity contribution < 1.29 is 19.1 Å². The third-order valence-electron chi connectivity index (χ3n) is 5.50. The van der Waals surface area contributed by atoms with Gasteiger partial charge in [-0.1, -0.05) is 50.2 Å². The van der Waals surface area contributed by atoms with Crippen molar-refractivity contribution in [2.45, 2.75) is 33.7 Å². The highest BCUT2D eigenvalue weighted by molar-refractivity contribution is 6.11. The van der Waals surface area contributed by atoms with E-state index >= 15 is 0 Å². The predicted molar refractivity (Wildman–Crippen MR) is 124 cm³/mol. The van der Waals surface area contributed by atoms with E-state index in [4.69, 9.17) is 9.47 Å². The number of carbonyl (C=O) groups excluding carboxylic acids is 2. The average Bonchev–Trinajstić information content (AvgIpc) is 2.75. The van der Waals surface area contributed by atoms with E-state index in [0.717, 1.165) is 33.0 Å². The van der Waals surface area contributed by atoms with Gasteiger partial charge in [0.25, 0.3) is 5.91 Å². The van der Waals surface area contributed by atoms with Gasteiger partial charge in [-0.15, -0.1) is 0 Å². The van der Waals surface area contributed by atoms with Crippen LogP contribution in [0.4, 0.5) is 0 Å². The van der Waals surface area contributed by atoms with Gasteiger partial charge >= 0.3 is 5.97 Å². The molecule has 0 bridgehead atoms. The van der Waals surface area contributed by atoms with E-state index in [1.54, 1.807) is 13.2 Å². The Balaban J connectivity index is 2.26. The van der Waals surface area contributed by atoms with Crippen LogP contribution in [0.2, 0.25) is 0 Å². The fraction of sp³-hybridized carbons (Fsp3) is 0.308. The number of rotatable bonds is 6. The summed E-state index contributed by atoms with van der Waals surface area (Å²) < 4.78 is 10.6. The molecule has 0 saturated carbocycles. The Labute approximate surface area is 183 Å². The van der Waals surface area contributed by atoms with E-state index in [2.05, 4.69) is 11.4 Å². The van der Waals surface area contributed by atoms with Crippen LogP contribution in [0.5, 0.6) is 5.75 Å². The van der Waals surface area contributed by atoms with E-state index in [0.29, 0.717) is 11.3 Å². The van der Waals surface area contributed by atoms with Gasteiger partial charge in [0.2, 0.25) is 0 Å². The molecule has 0 aliphatic heterocycles. The molecule has 0 unspecified atom stereocenters. The summed E-state index contributed by atoms with van der Waals surface area (Å²) in [5, 5.41) is 4.83. The zero-order valence-corrected chi connectivity index (χ0v) is 18.9. The number of hydrogen-bond acceptors (Lipinski definition) is 4. The quantitative estimate of drug-likeness (QED) is 0.567. The number of methoxy groups -OCH3 is 2. The van der Waals surface area contributed by atoms with Crippen LogP contribution in [0, 0.1) is 19.8 Å². The predicted octanol–water partition coefficient (Wildman–Crippen LogP) is 5.06. The number of aryl methyl sites for hydroxylation is 2. The first kappa shape index (κ1) is 22.3. The normalized spacial score (nSPS) is 12.0. The van der Waals surface area contributed by atoms with E-state index in [9.17, 15) is 9.59 Å². The lowest BCUT2D eigenvalue weighted by atomic mass is 9.89. The summed E-state index contributed by atoms with van der Waals surface area (Å²) in [6.45, 7) is 7.77. The Hall–Kier alpha value is -3.34. The van der Waals surface area contributed by atoms with Gasteiger partial charge in [0.05, 0.1) is 14.2 Å². The number of ether oxygens (including phenoxy) is 2. The molecule has 0 radical (unpaired) electrons. The fourth-order valence-electron chi connectivity index (χ4n) is 3.98. The number of benzene rings is 3. The second-order valence-electron chi connectivity index (χ2n) is 8.09. The van der Waals surface area contributed by atoms with Crippen LogP contribution in [-0.4, -0.2) is 32.1 Å². The van der Waals surface area contributed by atoms with E-state index in [1.165, 1.54) is 7.11 Å². The number of fused-ring (bicyclic) bond motifs is 1. The Morgan fingerprint density at radius 1 is 0.935 bits per heavy atom. The highest BCUT2D eigenvalue weighted by Crippen LogP contribution is 2.40. The molecule has 5 nitrogen and oxygen atoms in total. The van der Waals surface area contributed by atoms with Gasteiger partial charge < -0.3 is 14.8 Å². The molecule has 1 amide bonds. The largest absolute Gasteiger partial charge is 0.496 e. The molecule has 0 aliphatic rings. The Morgan fingerprint density at radius 2 is 1.65 bits per heavy atom. The van der Waals surface area contributed by atoms with Crippen LogP contribution < -0.4 is 10.1 Å². The van der Waals surface area contributed by atoms with Crippen molar-refractivity contribution in [3.63, 3.8) is 0 Å². The van der Waals surface area contributed by atoms with Crippen molar-refractivity contribution in [2.24, 2.45) is 5.92 Å². The minimum absolute atomic E-state index is 0.115. The second kappa shape index (κ2) is 9.21. The van der Waals surface area contributed by atoms with Crippen LogP contribution in [-0.2, 0) is 9.53 Å². The summed E-state index contributed by atoms with van der Waals surface area (Å²) in [7, 11) is 2.96. The van der Waals surface area contributed by atoms with Gasteiger partial charge in [-0.3, -0.25) is 4.79 Å². The highest BCUT2D eigenvalue weighted by atomic mass is 16.5. The summed E-state index contributed by atoms with van der Waals surface area (Å²) in [6, 6.07) is 15.0. The molecule has 3 rings (SSSR count). The second-order valence-corrected chi connectivity index (χ2v) is 8.09. The summed E-state index contributed by atoms with van der Waals surface area (Å²) in [5.41, 5.74) is 4.23. The molecule has 162 valence electrons. The van der Waals surface area contributed by atoms with Crippen LogP contribution in [0.1, 0.15) is 35.3 Å². The number of carbonyl (C=O) groups is 2. The van der Waals surface area contributed by atoms with E-state index < -0.39 is 12.0 Å². The first-order valence-corrected chi connectivity index (χ1v) is 10.3. The molecule has 0 aliphatic carbocycles. The van der Waals surface area contributed by atoms with Gasteiger partial charge in [0, 0.05) is 16.7 Å². The van der Waals surface area contributed by atoms with Gasteiger partial charge in [-0.25, -0.2) is 4.79 Å². The van der Waals surface area contributed by atoms with Gasteiger partial charge in [-0.2, -0.15) is 0 Å². The molecular formula is C26H29NO4. The lowest BCUT2D eigenvalue weighted by molar-refractivity contribution is -0.144. The van der Waals surface area contributed by atoms with Crippen molar-refractivity contribution >= 4 is 22.6 Å². The van der Waals surface area contributed by atoms with Crippen LogP contribution in [0.3, 0.4) is 0 Å². The Bertz CT molecular complexity index is 1130. The van der Waals surface area contributed by atoms with Gasteiger partial charge in [0.1, 0.15) is 11.8 Å². The maximum Gasteiger partial charge on any atom is 0.328 e. The molecule has 1 N–H and O–H groups in total. The zero-order valence-electron chi connectivity index (χ0n) is 18.9. The van der Waals surface area contributed by atoms with Crippen LogP contribution in [0.15, 0.2) is 48.5 Å². The number of esters is 1. The SMILES string of the molecule is COC(=O)[C@@H](NC(=O)c1ccc2ccccc2c1-c1c(C)cc(C)cc1OC)C(C)C. The summed E-state index contributed by atoms with van der Waals surface area (Å²) in [6.07, 6.45) is 0. The lowest BCUT2D eigenvalue weighted by Crippen LogP contribution is -2.45. The van der Waals surface area contributed by atoms with E-state index in [1.807, 2.05) is 64.1 Å². The maximum atomic E-state index is 13.4. The smallest absolute Gasteiger partial charge is 0.328 e. The number of hydrogen-bond donors (Lipinski definition) is 1. The maximum absolute atomic E-state index is 13.4. The molecule has 0 saturated heterocycles. The molecule has 3 aromatic carbocycles. The molecule has 0 spiro atoms. The Kier molecular flexibility index (Phi) is 6.64. The molecular weight excluding hydrogens is 390 g/mol. The molecule has 3 aromatic rings. The monoisotopic (exact) mass is 419 g/mol. The van der Waals surface area contributed by atoms with Crippen molar-refractivity contribution in [1.82, 2.24) is 5.32 Å². The minimum Gasteiger partial charge on any atom is -0.496 e. The van der Waals surface area contributed by atoms with Crippen LogP contribution in [0.25, 0.3) is 21.9 Å². The summed E-state index contributed by atoms with van der Waals surface area (Å²) in [4.78, 5) is 25.7. The fourth-order valence-corrected chi connectivity index (χ4v) is 3.98. The third kappa shape index (κ3) is 4.41. The molecule has 1 atom stereocenters. The number of amides is 1. The van der Waals surface area contributed by atoms with Gasteiger partial charge in [-0.05, 0) is 53.8 Å². The topological polar surface area (TPSA) is 64.6 Å². The van der Waals surface area contributed by atoms with Crippen molar-refractivity contribution in [3.8, 4) is 16.9 Å². The first-order chi connectivity index (χ1) is 14.8. The Morgan fingerprint density at radius 3 is 2.29 bits per heavy atom. The third-order valence-corrected chi connectivity index (χ3v) is 5.50. The van der Waals surface area contributed by atoms with Gasteiger partial charge in [0.15, 0.2) is 0 Å². The standard InChI is InChI=1S/C26H29NO4/c1-15(2)24(26(29)31-6)27-25(28)20-12-11-18-9-7-8-10-19(18)23(20)22-17(4)13-16(3)14-21(22)30-5/h7-15,24H,1-6H3,(H,27,28)/t24-/m0/s1. The lowest BCUT2D eigenvalue weighted by Gasteiger charge is -2.22. The molecule has 31 heavy (non-hydrogen) atoms. The minimum atomic E-state index is -0.738. The first-order valence-electron chi connectivity index (χ1n) is 10.3. The van der Waals surface area contributed by atoms with Crippen LogP contribution >= 0.6 is 0 Å². The van der Waals surface area contributed by atoms with Crippen molar-refractivity contribution in [1.29, 1.82) is 0 Å².